The molecule has 0 spiro atoms. The number of amides is 1. The van der Waals surface area contributed by atoms with Crippen LogP contribution in [0, 0.1) is 0 Å². The van der Waals surface area contributed by atoms with Gasteiger partial charge in [-0.3, -0.25) is 14.6 Å². The van der Waals surface area contributed by atoms with Gasteiger partial charge in [-0.1, -0.05) is 91.0 Å². The number of pyridine rings is 1. The zero-order valence-corrected chi connectivity index (χ0v) is 27.0. The molecule has 0 saturated heterocycles. The van der Waals surface area contributed by atoms with Gasteiger partial charge in [0, 0.05) is 48.7 Å². The second kappa shape index (κ2) is 17.2. The fourth-order valence-corrected chi connectivity index (χ4v) is 5.36. The summed E-state index contributed by atoms with van der Waals surface area (Å²) in [6, 6.07) is 36.7. The van der Waals surface area contributed by atoms with Crippen molar-refractivity contribution in [3.8, 4) is 5.75 Å². The van der Waals surface area contributed by atoms with Crippen molar-refractivity contribution >= 4 is 23.3 Å². The molecule has 48 heavy (non-hydrogen) atoms. The van der Waals surface area contributed by atoms with Crippen LogP contribution in [0.2, 0.25) is 0 Å². The average molecular weight is 642 g/mol. The largest absolute Gasteiger partial charge is 0.494 e. The summed E-state index contributed by atoms with van der Waals surface area (Å²) < 4.78 is 11.1. The first kappa shape index (κ1) is 33.6. The number of ketones is 1. The van der Waals surface area contributed by atoms with Gasteiger partial charge in [0.25, 0.3) is 0 Å². The van der Waals surface area contributed by atoms with Crippen LogP contribution >= 0.6 is 0 Å². The molecule has 244 valence electrons. The summed E-state index contributed by atoms with van der Waals surface area (Å²) in [6.45, 7) is 1.51. The number of para-hydroxylation sites is 1. The predicted octanol–water partition coefficient (Wildman–Crippen LogP) is 6.55. The number of hydrogen-bond donors (Lipinski definition) is 1. The van der Waals surface area contributed by atoms with Crippen molar-refractivity contribution in [3.05, 3.63) is 162 Å². The van der Waals surface area contributed by atoms with Gasteiger partial charge in [0.15, 0.2) is 5.78 Å². The van der Waals surface area contributed by atoms with Crippen molar-refractivity contribution in [2.75, 3.05) is 25.6 Å². The number of hydrogen-bond acceptors (Lipinski definition) is 7. The molecule has 1 heterocycles. The van der Waals surface area contributed by atoms with E-state index in [0.29, 0.717) is 61.5 Å². The molecule has 0 bridgehead atoms. The molecule has 8 nitrogen and oxygen atoms in total. The Balaban J connectivity index is 1.17. The number of rotatable bonds is 16. The van der Waals surface area contributed by atoms with Crippen molar-refractivity contribution in [1.82, 2.24) is 9.88 Å². The number of benzene rings is 4. The molecule has 1 atom stereocenters. The fourth-order valence-electron chi connectivity index (χ4n) is 5.36. The highest BCUT2D eigenvalue weighted by molar-refractivity contribution is 6.12. The normalized spacial score (nSPS) is 11.3. The fraction of sp³-hybridized carbons (Fsp3) is 0.200. The van der Waals surface area contributed by atoms with Crippen LogP contribution in [0.3, 0.4) is 0 Å². The van der Waals surface area contributed by atoms with Crippen LogP contribution in [0.15, 0.2) is 134 Å². The third-order valence-electron chi connectivity index (χ3n) is 7.87. The zero-order valence-electron chi connectivity index (χ0n) is 27.0. The maximum absolute atomic E-state index is 13.2. The summed E-state index contributed by atoms with van der Waals surface area (Å²) in [4.78, 5) is 45.2. The number of ether oxygens (including phenoxy) is 2. The van der Waals surface area contributed by atoms with Crippen molar-refractivity contribution in [1.29, 1.82) is 0 Å². The summed E-state index contributed by atoms with van der Waals surface area (Å²) in [5.41, 5.74) is 4.44. The molecule has 0 aliphatic rings. The Bertz CT molecular complexity index is 1760. The van der Waals surface area contributed by atoms with E-state index in [1.807, 2.05) is 95.9 Å². The van der Waals surface area contributed by atoms with Crippen molar-refractivity contribution in [2.24, 2.45) is 0 Å². The molecule has 1 N–H and O–H groups in total. The minimum Gasteiger partial charge on any atom is -0.494 e. The quantitative estimate of drug-likeness (QED) is 0.0742. The van der Waals surface area contributed by atoms with E-state index in [9.17, 15) is 14.4 Å². The first-order chi connectivity index (χ1) is 23.5. The van der Waals surface area contributed by atoms with Gasteiger partial charge in [-0.05, 0) is 53.4 Å². The number of methoxy groups -OCH3 is 1. The van der Waals surface area contributed by atoms with Crippen molar-refractivity contribution < 1.29 is 23.9 Å². The lowest BCUT2D eigenvalue weighted by Gasteiger charge is -2.23. The molecule has 0 radical (unpaired) electrons. The Morgan fingerprint density at radius 3 is 2.17 bits per heavy atom. The molecule has 0 fully saturated rings. The van der Waals surface area contributed by atoms with Crippen LogP contribution in [-0.2, 0) is 33.7 Å². The van der Waals surface area contributed by atoms with Crippen LogP contribution in [-0.4, -0.2) is 53.8 Å². The highest BCUT2D eigenvalue weighted by atomic mass is 16.5. The minimum absolute atomic E-state index is 0.0389. The van der Waals surface area contributed by atoms with E-state index in [1.165, 1.54) is 7.11 Å². The van der Waals surface area contributed by atoms with Gasteiger partial charge in [0.1, 0.15) is 11.8 Å². The molecule has 0 aliphatic carbocycles. The molecule has 5 aromatic rings. The topological polar surface area (TPSA) is 97.8 Å². The first-order valence-corrected chi connectivity index (χ1v) is 16.0. The molecule has 0 aliphatic heterocycles. The number of aromatic nitrogens is 1. The molecule has 5 rings (SSSR count). The summed E-state index contributed by atoms with van der Waals surface area (Å²) in [6.07, 6.45) is 4.71. The van der Waals surface area contributed by atoms with Gasteiger partial charge < -0.3 is 19.7 Å². The van der Waals surface area contributed by atoms with E-state index in [4.69, 9.17) is 9.47 Å². The summed E-state index contributed by atoms with van der Waals surface area (Å²) in [7, 11) is 1.35. The van der Waals surface area contributed by atoms with Gasteiger partial charge in [0.2, 0.25) is 5.91 Å². The second-order valence-corrected chi connectivity index (χ2v) is 11.3. The third kappa shape index (κ3) is 9.62. The van der Waals surface area contributed by atoms with Crippen molar-refractivity contribution in [2.45, 2.75) is 31.8 Å². The summed E-state index contributed by atoms with van der Waals surface area (Å²) in [5, 5.41) is 3.24. The lowest BCUT2D eigenvalue weighted by atomic mass is 10.00. The maximum atomic E-state index is 13.2. The van der Waals surface area contributed by atoms with E-state index in [1.54, 1.807) is 42.7 Å². The third-order valence-corrected chi connectivity index (χ3v) is 7.87. The smallest absolute Gasteiger partial charge is 0.328 e. The highest BCUT2D eigenvalue weighted by Crippen LogP contribution is 2.22. The number of anilines is 1. The van der Waals surface area contributed by atoms with Crippen LogP contribution in [0.5, 0.6) is 5.75 Å². The number of nitrogens with one attached hydrogen (secondary N) is 1. The van der Waals surface area contributed by atoms with E-state index in [2.05, 4.69) is 10.3 Å². The molecule has 8 heteroatoms. The molecule has 1 amide bonds. The van der Waals surface area contributed by atoms with Crippen LogP contribution in [0.4, 0.5) is 5.69 Å². The molecular formula is C40H39N3O5. The Labute approximate surface area is 281 Å². The van der Waals surface area contributed by atoms with Gasteiger partial charge >= 0.3 is 5.97 Å². The van der Waals surface area contributed by atoms with Crippen molar-refractivity contribution in [3.63, 3.8) is 0 Å². The van der Waals surface area contributed by atoms with Gasteiger partial charge in [-0.25, -0.2) is 4.79 Å². The maximum Gasteiger partial charge on any atom is 0.328 e. The Hall–Kier alpha value is -5.76. The average Bonchev–Trinajstić information content (AvgIpc) is 3.14. The molecule has 4 aromatic carbocycles. The Morgan fingerprint density at radius 1 is 0.771 bits per heavy atom. The zero-order chi connectivity index (χ0) is 33.6. The molecule has 1 aromatic heterocycles. The number of nitrogens with zero attached hydrogens (tertiary/aromatic N) is 2. The van der Waals surface area contributed by atoms with Gasteiger partial charge in [-0.2, -0.15) is 0 Å². The lowest BCUT2D eigenvalue weighted by Crippen LogP contribution is -2.33. The Morgan fingerprint density at radius 2 is 1.46 bits per heavy atom. The monoisotopic (exact) mass is 641 g/mol. The molecule has 0 unspecified atom stereocenters. The highest BCUT2D eigenvalue weighted by Gasteiger charge is 2.23. The standard InChI is InChI=1S/C40H39N3O5/c1-47-40(46)37(42-36-18-9-8-17-35(36)39(45)33-15-6-3-7-16-33)26-30-19-21-34(22-20-30)48-25-11-24-43(29-31-12-4-2-5-13-31)38(44)27-32-14-10-23-41-28-32/h2-10,12-23,28,37,42H,11,24-27,29H2,1H3/t37-/m0/s1. The number of carbonyl (C=O) groups excluding carboxylic acids is 3. The van der Waals surface area contributed by atoms with E-state index in [-0.39, 0.29) is 11.7 Å². The van der Waals surface area contributed by atoms with Crippen LogP contribution < -0.4 is 10.1 Å². The minimum atomic E-state index is -0.716. The number of esters is 1. The first-order valence-electron chi connectivity index (χ1n) is 16.0. The SMILES string of the molecule is COC(=O)[C@H](Cc1ccc(OCCCN(Cc2ccccc2)C(=O)Cc2cccnc2)cc1)Nc1ccccc1C(=O)c1ccccc1. The van der Waals surface area contributed by atoms with Crippen LogP contribution in [0.25, 0.3) is 0 Å². The van der Waals surface area contributed by atoms with Gasteiger partial charge in [0.05, 0.1) is 20.1 Å². The summed E-state index contributed by atoms with van der Waals surface area (Å²) >= 11 is 0. The second-order valence-electron chi connectivity index (χ2n) is 11.3. The Kier molecular flexibility index (Phi) is 12.1. The van der Waals surface area contributed by atoms with Crippen LogP contribution in [0.1, 0.15) is 39.0 Å². The summed E-state index contributed by atoms with van der Waals surface area (Å²) in [5.74, 6) is 0.161. The van der Waals surface area contributed by atoms with E-state index >= 15 is 0 Å². The number of carbonyl (C=O) groups is 3. The van der Waals surface area contributed by atoms with Gasteiger partial charge in [-0.15, -0.1) is 0 Å². The van der Waals surface area contributed by atoms with E-state index < -0.39 is 12.0 Å². The van der Waals surface area contributed by atoms with E-state index in [0.717, 1.165) is 16.7 Å². The lowest BCUT2D eigenvalue weighted by molar-refractivity contribution is -0.141. The predicted molar refractivity (Wildman–Crippen MR) is 186 cm³/mol. The molecular weight excluding hydrogens is 602 g/mol. The molecule has 0 saturated carbocycles.